The van der Waals surface area contributed by atoms with E-state index >= 15 is 0 Å². The van der Waals surface area contributed by atoms with Gasteiger partial charge in [-0.2, -0.15) is 17.5 Å². The predicted octanol–water partition coefficient (Wildman–Crippen LogP) is 4.44. The second kappa shape index (κ2) is 11.3. The molecule has 3 atom stereocenters. The molecule has 1 aliphatic carbocycles. The maximum Gasteiger partial charge on any atom is 0.421 e. The van der Waals surface area contributed by atoms with E-state index in [2.05, 4.69) is 0 Å². The Morgan fingerprint density at radius 2 is 1.85 bits per heavy atom. The van der Waals surface area contributed by atoms with Crippen LogP contribution in [-0.2, 0) is 26.8 Å². The van der Waals surface area contributed by atoms with Crippen molar-refractivity contribution in [3.63, 3.8) is 0 Å². The van der Waals surface area contributed by atoms with E-state index in [-0.39, 0.29) is 45.6 Å². The molecule has 210 valence electrons. The number of aliphatic hydroxyl groups is 1. The van der Waals surface area contributed by atoms with Crippen LogP contribution in [0.4, 0.5) is 23.2 Å². The molecule has 1 fully saturated rings. The smallest absolute Gasteiger partial charge is 0.421 e. The van der Waals surface area contributed by atoms with Crippen LogP contribution in [0, 0.1) is 5.82 Å². The van der Waals surface area contributed by atoms with Crippen molar-refractivity contribution in [1.29, 1.82) is 0 Å². The summed E-state index contributed by atoms with van der Waals surface area (Å²) < 4.78 is 95.0. The average molecular weight is 603 g/mol. The predicted molar refractivity (Wildman–Crippen MR) is 146 cm³/mol. The van der Waals surface area contributed by atoms with Gasteiger partial charge in [0.1, 0.15) is 11.6 Å². The summed E-state index contributed by atoms with van der Waals surface area (Å²) in [6.45, 7) is 0.789. The van der Waals surface area contributed by atoms with Crippen LogP contribution in [0.25, 0.3) is 0 Å². The molecule has 0 saturated carbocycles. The minimum absolute atomic E-state index is 0.0252. The van der Waals surface area contributed by atoms with E-state index in [1.54, 1.807) is 17.1 Å². The normalized spacial score (nSPS) is 21.4. The maximum atomic E-state index is 13.8. The van der Waals surface area contributed by atoms with Crippen LogP contribution in [0.3, 0.4) is 0 Å². The number of allylic oxidation sites excluding steroid dienone is 4. The molecule has 13 heteroatoms. The summed E-state index contributed by atoms with van der Waals surface area (Å²) in [7, 11) is -3.96. The third kappa shape index (κ3) is 6.23. The highest BCUT2D eigenvalue weighted by molar-refractivity contribution is 7.96. The number of alkyl halides is 3. The summed E-state index contributed by atoms with van der Waals surface area (Å²) >= 11 is 3.55. The summed E-state index contributed by atoms with van der Waals surface area (Å²) in [5, 5.41) is 10.0. The molecule has 0 bridgehead atoms. The summed E-state index contributed by atoms with van der Waals surface area (Å²) in [6.07, 6.45) is 0.250. The fourth-order valence-corrected chi connectivity index (χ4v) is 7.81. The van der Waals surface area contributed by atoms with Crippen molar-refractivity contribution in [2.75, 3.05) is 30.3 Å². The first-order valence-corrected chi connectivity index (χ1v) is 15.1. The van der Waals surface area contributed by atoms with Crippen LogP contribution >= 0.6 is 12.2 Å². The molecule has 1 heterocycles. The van der Waals surface area contributed by atoms with Crippen LogP contribution in [0.5, 0.6) is 0 Å². The quantitative estimate of drug-likeness (QED) is 0.287. The standard InChI is InChI=1S/C26H26F4N2O4S3/c1-25(33,26(28,29)30)18-9-11-20(12-10-18)32-14-13-31(39(35,36)24-8-3-2-7-23(24)37)16-21(32)17-38(34)22-6-4-5-19(27)15-22/h2-6,8-12,15,21,33H,7,13-14,16-17H2,1H3/t21-,25-,38+/m1/s1. The van der Waals surface area contributed by atoms with Crippen LogP contribution in [0.1, 0.15) is 18.9 Å². The van der Waals surface area contributed by atoms with Gasteiger partial charge in [0.05, 0.1) is 10.9 Å². The van der Waals surface area contributed by atoms with Crippen molar-refractivity contribution in [2.45, 2.75) is 36.1 Å². The number of piperazine rings is 1. The number of hydrogen-bond donors (Lipinski definition) is 1. The molecule has 2 aliphatic rings. The number of hydrogen-bond acceptors (Lipinski definition) is 6. The Bertz CT molecular complexity index is 1390. The number of rotatable bonds is 7. The Kier molecular flexibility index (Phi) is 8.60. The van der Waals surface area contributed by atoms with Gasteiger partial charge in [0.2, 0.25) is 10.0 Å². The zero-order valence-corrected chi connectivity index (χ0v) is 23.2. The third-order valence-electron chi connectivity index (χ3n) is 6.74. The van der Waals surface area contributed by atoms with Crippen LogP contribution in [0.15, 0.2) is 76.6 Å². The van der Waals surface area contributed by atoms with Crippen molar-refractivity contribution in [3.8, 4) is 0 Å². The second-order valence-corrected chi connectivity index (χ2v) is 13.3. The zero-order valence-electron chi connectivity index (χ0n) is 20.8. The zero-order chi connectivity index (χ0) is 28.6. The minimum atomic E-state index is -4.89. The minimum Gasteiger partial charge on any atom is -0.611 e. The monoisotopic (exact) mass is 602 g/mol. The molecule has 0 radical (unpaired) electrons. The van der Waals surface area contributed by atoms with Crippen LogP contribution < -0.4 is 4.90 Å². The first-order valence-electron chi connectivity index (χ1n) is 11.9. The molecule has 0 unspecified atom stereocenters. The Morgan fingerprint density at radius 1 is 1.15 bits per heavy atom. The van der Waals surface area contributed by atoms with Gasteiger partial charge in [-0.15, -0.1) is 0 Å². The molecular weight excluding hydrogens is 576 g/mol. The van der Waals surface area contributed by atoms with E-state index in [9.17, 15) is 35.6 Å². The number of anilines is 1. The van der Waals surface area contributed by atoms with Gasteiger partial charge in [-0.05, 0) is 54.0 Å². The lowest BCUT2D eigenvalue weighted by Gasteiger charge is -2.42. The van der Waals surface area contributed by atoms with E-state index in [4.69, 9.17) is 12.2 Å². The highest BCUT2D eigenvalue weighted by Gasteiger charge is 2.51. The van der Waals surface area contributed by atoms with Crippen LogP contribution in [-0.4, -0.2) is 64.9 Å². The highest BCUT2D eigenvalue weighted by atomic mass is 32.2. The number of sulfonamides is 1. The van der Waals surface area contributed by atoms with E-state index in [1.165, 1.54) is 40.7 Å². The third-order valence-corrected chi connectivity index (χ3v) is 10.7. The van der Waals surface area contributed by atoms with Gasteiger partial charge in [-0.25, -0.2) is 12.8 Å². The molecule has 0 aromatic heterocycles. The van der Waals surface area contributed by atoms with Crippen molar-refractivity contribution < 1.29 is 35.6 Å². The summed E-state index contributed by atoms with van der Waals surface area (Å²) in [5.41, 5.74) is -2.95. The lowest BCUT2D eigenvalue weighted by atomic mass is 9.95. The Hall–Kier alpha value is -2.29. The molecular formula is C26H26F4N2O4S3. The number of halogens is 4. The highest BCUT2D eigenvalue weighted by Crippen LogP contribution is 2.39. The van der Waals surface area contributed by atoms with Crippen molar-refractivity contribution >= 4 is 44.0 Å². The number of benzene rings is 2. The fraction of sp³-hybridized carbons (Fsp3) is 0.346. The van der Waals surface area contributed by atoms with Crippen molar-refractivity contribution in [2.24, 2.45) is 0 Å². The lowest BCUT2D eigenvalue weighted by molar-refractivity contribution is -0.258. The number of thiocarbonyl (C=S) groups is 1. The van der Waals surface area contributed by atoms with E-state index < -0.39 is 44.8 Å². The molecule has 4 rings (SSSR count). The van der Waals surface area contributed by atoms with E-state index in [1.807, 2.05) is 0 Å². The molecule has 1 N–H and O–H groups in total. The van der Waals surface area contributed by atoms with Gasteiger partial charge in [-0.3, -0.25) is 0 Å². The second-order valence-electron chi connectivity index (χ2n) is 9.38. The Balaban J connectivity index is 1.64. The summed E-state index contributed by atoms with van der Waals surface area (Å²) in [4.78, 5) is 2.31. The van der Waals surface area contributed by atoms with Crippen molar-refractivity contribution in [1.82, 2.24) is 4.31 Å². The maximum absolute atomic E-state index is 13.8. The SMILES string of the molecule is C[C@@](O)(c1ccc(N2CCN(S(=O)(=O)C3=CC=CCC3=S)C[C@@H]2C[S@+]([O-])c2cccc(F)c2)cc1)C(F)(F)F. The molecule has 39 heavy (non-hydrogen) atoms. The first kappa shape index (κ1) is 29.7. The molecule has 1 aliphatic heterocycles. The average Bonchev–Trinajstić information content (AvgIpc) is 2.88. The molecule has 1 saturated heterocycles. The molecule has 0 amide bonds. The fourth-order valence-electron chi connectivity index (χ4n) is 4.44. The van der Waals surface area contributed by atoms with Gasteiger partial charge in [-0.1, -0.05) is 42.6 Å². The molecule has 0 spiro atoms. The largest absolute Gasteiger partial charge is 0.611 e. The van der Waals surface area contributed by atoms with Crippen LogP contribution in [0.2, 0.25) is 0 Å². The Labute approximate surface area is 232 Å². The topological polar surface area (TPSA) is 83.9 Å². The van der Waals surface area contributed by atoms with Gasteiger partial charge in [0, 0.05) is 42.7 Å². The Morgan fingerprint density at radius 3 is 2.46 bits per heavy atom. The van der Waals surface area contributed by atoms with Crippen molar-refractivity contribution in [3.05, 3.63) is 83.0 Å². The summed E-state index contributed by atoms with van der Waals surface area (Å²) in [6, 6.07) is 9.74. The van der Waals surface area contributed by atoms with Gasteiger partial charge in [0.25, 0.3) is 0 Å². The first-order chi connectivity index (χ1) is 18.2. The van der Waals surface area contributed by atoms with Gasteiger partial charge >= 0.3 is 6.18 Å². The lowest BCUT2D eigenvalue weighted by Crippen LogP contribution is -2.57. The number of nitrogens with zero attached hydrogens (tertiary/aromatic N) is 2. The van der Waals surface area contributed by atoms with E-state index in [0.29, 0.717) is 19.0 Å². The molecule has 2 aromatic carbocycles. The van der Waals surface area contributed by atoms with Gasteiger partial charge < -0.3 is 14.6 Å². The molecule has 6 nitrogen and oxygen atoms in total. The van der Waals surface area contributed by atoms with E-state index in [0.717, 1.165) is 18.2 Å². The molecule has 2 aromatic rings. The summed E-state index contributed by atoms with van der Waals surface area (Å²) in [5.74, 6) is -0.635. The van der Waals surface area contributed by atoms with Gasteiger partial charge in [0.15, 0.2) is 10.5 Å².